The maximum absolute atomic E-state index is 13.2. The highest BCUT2D eigenvalue weighted by molar-refractivity contribution is 7.88. The highest BCUT2D eigenvalue weighted by Crippen LogP contribution is 2.28. The Balaban J connectivity index is 1.38. The molecule has 8 heteroatoms. The smallest absolute Gasteiger partial charge is 0.215 e. The molecule has 2 aromatic carbocycles. The molecule has 1 N–H and O–H groups in total. The minimum absolute atomic E-state index is 0.206. The van der Waals surface area contributed by atoms with Crippen molar-refractivity contribution in [2.45, 2.75) is 12.2 Å². The summed E-state index contributed by atoms with van der Waals surface area (Å²) >= 11 is 0. The van der Waals surface area contributed by atoms with Gasteiger partial charge in [-0.05, 0) is 42.8 Å². The molecule has 0 aromatic heterocycles. The van der Waals surface area contributed by atoms with Crippen LogP contribution in [0, 0.1) is 5.82 Å². The maximum Gasteiger partial charge on any atom is 0.215 e. The average Bonchev–Trinajstić information content (AvgIpc) is 2.71. The fourth-order valence-electron chi connectivity index (χ4n) is 3.53. The second kappa shape index (κ2) is 10.0. The van der Waals surface area contributed by atoms with Crippen LogP contribution < -0.4 is 14.4 Å². The van der Waals surface area contributed by atoms with Gasteiger partial charge in [0.05, 0.1) is 18.6 Å². The van der Waals surface area contributed by atoms with Gasteiger partial charge in [0.1, 0.15) is 11.6 Å². The lowest BCUT2D eigenvalue weighted by Crippen LogP contribution is -2.47. The van der Waals surface area contributed by atoms with Gasteiger partial charge in [-0.3, -0.25) is 4.90 Å². The van der Waals surface area contributed by atoms with Crippen LogP contribution in [0.3, 0.4) is 0 Å². The van der Waals surface area contributed by atoms with Crippen LogP contribution in [0.15, 0.2) is 48.5 Å². The van der Waals surface area contributed by atoms with Crippen LogP contribution in [0.1, 0.15) is 12.0 Å². The Bertz CT molecular complexity index is 900. The van der Waals surface area contributed by atoms with E-state index >= 15 is 0 Å². The van der Waals surface area contributed by atoms with Crippen molar-refractivity contribution in [3.8, 4) is 5.75 Å². The Morgan fingerprint density at radius 1 is 1.07 bits per heavy atom. The summed E-state index contributed by atoms with van der Waals surface area (Å²) in [4.78, 5) is 4.66. The molecule has 1 saturated heterocycles. The molecule has 6 nitrogen and oxygen atoms in total. The molecule has 1 fully saturated rings. The zero-order valence-corrected chi connectivity index (χ0v) is 17.5. The van der Waals surface area contributed by atoms with Gasteiger partial charge in [0.25, 0.3) is 0 Å². The molecule has 158 valence electrons. The number of halogens is 1. The molecular weight excluding hydrogens is 393 g/mol. The van der Waals surface area contributed by atoms with Crippen LogP contribution in [0.25, 0.3) is 0 Å². The highest BCUT2D eigenvalue weighted by atomic mass is 32.2. The monoisotopic (exact) mass is 421 g/mol. The molecule has 0 atom stereocenters. The Morgan fingerprint density at radius 2 is 1.83 bits per heavy atom. The first-order chi connectivity index (χ1) is 14.0. The normalized spacial score (nSPS) is 15.4. The van der Waals surface area contributed by atoms with Gasteiger partial charge in [-0.15, -0.1) is 0 Å². The Labute approximate surface area is 172 Å². The zero-order chi connectivity index (χ0) is 20.7. The first-order valence-electron chi connectivity index (χ1n) is 9.79. The quantitative estimate of drug-likeness (QED) is 0.631. The number of nitrogens with one attached hydrogen (secondary N) is 1. The summed E-state index contributed by atoms with van der Waals surface area (Å²) in [6.07, 6.45) is 0.733. The molecule has 29 heavy (non-hydrogen) atoms. The molecule has 1 aliphatic rings. The number of methoxy groups -OCH3 is 1. The summed E-state index contributed by atoms with van der Waals surface area (Å²) in [5.41, 5.74) is 1.56. The Kier molecular flexibility index (Phi) is 7.46. The van der Waals surface area contributed by atoms with Gasteiger partial charge < -0.3 is 9.64 Å². The third kappa shape index (κ3) is 6.42. The summed E-state index contributed by atoms with van der Waals surface area (Å²) in [7, 11) is -1.78. The summed E-state index contributed by atoms with van der Waals surface area (Å²) in [5.74, 6) is 0.251. The number of anilines is 1. The van der Waals surface area contributed by atoms with Crippen molar-refractivity contribution in [3.05, 3.63) is 59.9 Å². The Morgan fingerprint density at radius 3 is 2.55 bits per heavy atom. The molecule has 0 bridgehead atoms. The van der Waals surface area contributed by atoms with Crippen molar-refractivity contribution in [2.24, 2.45) is 0 Å². The number of para-hydroxylation sites is 2. The molecule has 3 rings (SSSR count). The third-order valence-corrected chi connectivity index (χ3v) is 6.37. The number of hydrogen-bond donors (Lipinski definition) is 1. The lowest BCUT2D eigenvalue weighted by molar-refractivity contribution is 0.254. The third-order valence-electron chi connectivity index (χ3n) is 5.02. The predicted octanol–water partition coefficient (Wildman–Crippen LogP) is 2.47. The van der Waals surface area contributed by atoms with E-state index in [0.29, 0.717) is 12.1 Å². The highest BCUT2D eigenvalue weighted by Gasteiger charge is 2.19. The van der Waals surface area contributed by atoms with Crippen LogP contribution >= 0.6 is 0 Å². The van der Waals surface area contributed by atoms with Crippen LogP contribution in [-0.4, -0.2) is 59.7 Å². The zero-order valence-electron chi connectivity index (χ0n) is 16.7. The molecular formula is C21H28FN3O3S. The largest absolute Gasteiger partial charge is 0.495 e. The van der Waals surface area contributed by atoms with E-state index in [9.17, 15) is 12.8 Å². The lowest BCUT2D eigenvalue weighted by atomic mass is 10.2. The van der Waals surface area contributed by atoms with Gasteiger partial charge in [0.15, 0.2) is 0 Å². The fourth-order valence-corrected chi connectivity index (χ4v) is 4.71. The molecule has 0 spiro atoms. The van der Waals surface area contributed by atoms with Crippen molar-refractivity contribution in [3.63, 3.8) is 0 Å². The van der Waals surface area contributed by atoms with E-state index < -0.39 is 15.8 Å². The molecule has 2 aromatic rings. The van der Waals surface area contributed by atoms with Crippen molar-refractivity contribution < 1.29 is 17.5 Å². The molecule has 1 heterocycles. The van der Waals surface area contributed by atoms with Crippen LogP contribution in [0.2, 0.25) is 0 Å². The summed E-state index contributed by atoms with van der Waals surface area (Å²) in [6, 6.07) is 13.7. The number of benzene rings is 2. The van der Waals surface area contributed by atoms with Crippen molar-refractivity contribution >= 4 is 15.7 Å². The van der Waals surface area contributed by atoms with Gasteiger partial charge >= 0.3 is 0 Å². The Hall–Kier alpha value is -2.16. The first kappa shape index (κ1) is 21.5. The van der Waals surface area contributed by atoms with Gasteiger partial charge in [-0.1, -0.05) is 24.3 Å². The number of hydrogen-bond acceptors (Lipinski definition) is 5. The maximum atomic E-state index is 13.2. The van der Waals surface area contributed by atoms with Crippen molar-refractivity contribution in [1.82, 2.24) is 9.62 Å². The first-order valence-corrected chi connectivity index (χ1v) is 11.4. The predicted molar refractivity (Wildman–Crippen MR) is 113 cm³/mol. The number of ether oxygens (including phenoxy) is 1. The minimum atomic E-state index is -3.46. The van der Waals surface area contributed by atoms with Gasteiger partial charge in [-0.2, -0.15) is 0 Å². The van der Waals surface area contributed by atoms with Gasteiger partial charge in [0, 0.05) is 32.7 Å². The molecule has 1 aliphatic heterocycles. The second-order valence-corrected chi connectivity index (χ2v) is 8.94. The summed E-state index contributed by atoms with van der Waals surface area (Å²) < 4.78 is 45.6. The van der Waals surface area contributed by atoms with E-state index in [1.807, 2.05) is 18.2 Å². The molecule has 0 unspecified atom stereocenters. The van der Waals surface area contributed by atoms with E-state index in [0.717, 1.165) is 50.6 Å². The summed E-state index contributed by atoms with van der Waals surface area (Å²) in [5, 5.41) is 0. The van der Waals surface area contributed by atoms with E-state index in [-0.39, 0.29) is 5.75 Å². The van der Waals surface area contributed by atoms with Crippen LogP contribution in [0.5, 0.6) is 5.75 Å². The van der Waals surface area contributed by atoms with E-state index in [4.69, 9.17) is 4.74 Å². The molecule has 0 saturated carbocycles. The number of sulfonamides is 1. The van der Waals surface area contributed by atoms with E-state index in [1.165, 1.54) is 18.2 Å². The van der Waals surface area contributed by atoms with Crippen molar-refractivity contribution in [1.29, 1.82) is 0 Å². The standard InChI is InChI=1S/C21H28FN3O3S/c1-28-21-9-3-2-8-20(21)25-14-12-24(13-15-25)11-5-10-23-29(26,27)17-18-6-4-7-19(22)16-18/h2-4,6-9,16,23H,5,10-15,17H2,1H3. The van der Waals surface area contributed by atoms with Crippen molar-refractivity contribution in [2.75, 3.05) is 51.3 Å². The molecule has 0 radical (unpaired) electrons. The topological polar surface area (TPSA) is 61.9 Å². The second-order valence-electron chi connectivity index (χ2n) is 7.14. The number of nitrogens with zero attached hydrogens (tertiary/aromatic N) is 2. The SMILES string of the molecule is COc1ccccc1N1CCN(CCCNS(=O)(=O)Cc2cccc(F)c2)CC1. The van der Waals surface area contributed by atoms with Gasteiger partial charge in [0.2, 0.25) is 10.0 Å². The average molecular weight is 422 g/mol. The molecule has 0 aliphatic carbocycles. The van der Waals surface area contributed by atoms with E-state index in [1.54, 1.807) is 13.2 Å². The summed E-state index contributed by atoms with van der Waals surface area (Å²) in [6.45, 7) is 4.88. The number of rotatable bonds is 9. The molecule has 0 amide bonds. The van der Waals surface area contributed by atoms with E-state index in [2.05, 4.69) is 20.6 Å². The fraction of sp³-hybridized carbons (Fsp3) is 0.429. The minimum Gasteiger partial charge on any atom is -0.495 e. The number of piperazine rings is 1. The lowest BCUT2D eigenvalue weighted by Gasteiger charge is -2.36. The van der Waals surface area contributed by atoms with Gasteiger partial charge in [-0.25, -0.2) is 17.5 Å². The van der Waals surface area contributed by atoms with Crippen LogP contribution in [-0.2, 0) is 15.8 Å². The van der Waals surface area contributed by atoms with Crippen LogP contribution in [0.4, 0.5) is 10.1 Å².